The van der Waals surface area contributed by atoms with Gasteiger partial charge in [0.1, 0.15) is 12.1 Å². The molecule has 1 aliphatic heterocycles. The average molecular weight is 506 g/mol. The highest BCUT2D eigenvalue weighted by Crippen LogP contribution is 2.77. The first-order chi connectivity index (χ1) is 15.3. The third-order valence-electron chi connectivity index (χ3n) is 4.55. The Morgan fingerprint density at radius 2 is 1.50 bits per heavy atom. The van der Waals surface area contributed by atoms with Crippen molar-refractivity contribution in [2.75, 3.05) is 31.9 Å². The number of aromatic hydroxyl groups is 1. The fraction of sp³-hybridized carbons (Fsp3) is 0.556. The average Bonchev–Trinajstić information content (AvgIpc) is 3.29. The first kappa shape index (κ1) is 25.2. The SMILES string of the molecule is CCOP(=O)(OCC)C(C1(c2ccc(O)cc2)Nn2cnnc2S1)P(=O)(OCC)OCC. The van der Waals surface area contributed by atoms with Gasteiger partial charge in [0.2, 0.25) is 10.6 Å². The molecule has 11 nitrogen and oxygen atoms in total. The second kappa shape index (κ2) is 10.3. The largest absolute Gasteiger partial charge is 0.508 e. The van der Waals surface area contributed by atoms with Crippen LogP contribution in [0.25, 0.3) is 0 Å². The highest BCUT2D eigenvalue weighted by atomic mass is 32.2. The molecule has 2 heterocycles. The minimum atomic E-state index is -4.13. The number of hydrogen-bond donors (Lipinski definition) is 2. The van der Waals surface area contributed by atoms with Crippen LogP contribution in [0.1, 0.15) is 33.3 Å². The standard InChI is InChI=1S/C18H28N4O7P2S/c1-5-26-30(24,27-6-2)16(31(25,28-7-3)29-8-4)18(14-9-11-15(23)12-10-14)21-22-13-19-20-17(22)32-18/h9-13,16,21,23H,5-8H2,1-4H3. The number of hydrogen-bond acceptors (Lipinski definition) is 11. The number of thioether (sulfide) groups is 1. The van der Waals surface area contributed by atoms with Gasteiger partial charge < -0.3 is 23.2 Å². The van der Waals surface area contributed by atoms with Gasteiger partial charge in [0, 0.05) is 0 Å². The third kappa shape index (κ3) is 4.63. The van der Waals surface area contributed by atoms with Gasteiger partial charge in [-0.3, -0.25) is 14.6 Å². The fourth-order valence-electron chi connectivity index (χ4n) is 3.50. The maximum Gasteiger partial charge on any atom is 0.349 e. The van der Waals surface area contributed by atoms with Crippen LogP contribution < -0.4 is 5.43 Å². The molecule has 3 rings (SSSR count). The van der Waals surface area contributed by atoms with E-state index in [4.69, 9.17) is 18.1 Å². The Hall–Kier alpha value is -1.39. The number of phenols is 1. The van der Waals surface area contributed by atoms with Crippen molar-refractivity contribution in [3.63, 3.8) is 0 Å². The van der Waals surface area contributed by atoms with Gasteiger partial charge in [-0.25, -0.2) is 4.68 Å². The summed E-state index contributed by atoms with van der Waals surface area (Å²) in [7, 11) is -8.25. The van der Waals surface area contributed by atoms with Gasteiger partial charge in [-0.2, -0.15) is 0 Å². The van der Waals surface area contributed by atoms with Gasteiger partial charge >= 0.3 is 15.2 Å². The molecular weight excluding hydrogens is 478 g/mol. The molecule has 32 heavy (non-hydrogen) atoms. The van der Waals surface area contributed by atoms with E-state index in [1.807, 2.05) is 0 Å². The first-order valence-electron chi connectivity index (χ1n) is 10.2. The molecular formula is C18H28N4O7P2S. The molecule has 1 aromatic carbocycles. The molecule has 1 aliphatic rings. The Bertz CT molecular complexity index is 933. The van der Waals surface area contributed by atoms with Crippen LogP contribution in [0, 0.1) is 0 Å². The molecule has 2 N–H and O–H groups in total. The molecule has 14 heteroatoms. The lowest BCUT2D eigenvalue weighted by Crippen LogP contribution is -2.45. The quantitative estimate of drug-likeness (QED) is 0.398. The van der Waals surface area contributed by atoms with E-state index >= 15 is 0 Å². The molecule has 0 saturated carbocycles. The Kier molecular flexibility index (Phi) is 8.09. The van der Waals surface area contributed by atoms with Crippen molar-refractivity contribution >= 4 is 27.0 Å². The van der Waals surface area contributed by atoms with Gasteiger partial charge in [0.25, 0.3) is 0 Å². The van der Waals surface area contributed by atoms with E-state index < -0.39 is 25.5 Å². The summed E-state index contributed by atoms with van der Waals surface area (Å²) in [4.78, 5) is -1.40. The van der Waals surface area contributed by atoms with Crippen molar-refractivity contribution in [2.24, 2.45) is 0 Å². The first-order valence-corrected chi connectivity index (χ1v) is 14.3. The molecule has 1 unspecified atom stereocenters. The molecule has 0 amide bonds. The van der Waals surface area contributed by atoms with Crippen molar-refractivity contribution in [2.45, 2.75) is 43.1 Å². The number of nitrogens with zero attached hydrogens (tertiary/aromatic N) is 3. The molecule has 0 fully saturated rings. The molecule has 2 aromatic rings. The van der Waals surface area contributed by atoms with Crippen LogP contribution in [0.3, 0.4) is 0 Å². The smallest absolute Gasteiger partial charge is 0.349 e. The maximum atomic E-state index is 14.3. The van der Waals surface area contributed by atoms with Crippen molar-refractivity contribution in [1.82, 2.24) is 14.9 Å². The summed E-state index contributed by atoms with van der Waals surface area (Å²) in [6, 6.07) is 6.22. The van der Waals surface area contributed by atoms with Crippen LogP contribution in [0.2, 0.25) is 0 Å². The van der Waals surface area contributed by atoms with Crippen molar-refractivity contribution in [3.8, 4) is 5.75 Å². The van der Waals surface area contributed by atoms with Crippen LogP contribution in [0.5, 0.6) is 5.75 Å². The van der Waals surface area contributed by atoms with Crippen LogP contribution in [0.4, 0.5) is 0 Å². The zero-order valence-electron chi connectivity index (χ0n) is 18.3. The minimum Gasteiger partial charge on any atom is -0.508 e. The van der Waals surface area contributed by atoms with E-state index in [0.29, 0.717) is 10.7 Å². The number of phenolic OH excluding ortho intramolecular Hbond substituents is 1. The van der Waals surface area contributed by atoms with Gasteiger partial charge in [-0.05, 0) is 57.2 Å². The predicted octanol–water partition coefficient (Wildman–Crippen LogP) is 4.34. The van der Waals surface area contributed by atoms with Gasteiger partial charge in [-0.1, -0.05) is 12.1 Å². The van der Waals surface area contributed by atoms with Crippen molar-refractivity contribution < 1.29 is 32.3 Å². The number of rotatable bonds is 12. The Balaban J connectivity index is 2.31. The number of nitrogens with one attached hydrogen (secondary N) is 1. The second-order valence-electron chi connectivity index (χ2n) is 6.60. The lowest BCUT2D eigenvalue weighted by Gasteiger charge is -2.41. The Labute approximate surface area is 191 Å². The van der Waals surface area contributed by atoms with E-state index in [2.05, 4.69) is 15.6 Å². The molecule has 0 saturated heterocycles. The zero-order valence-corrected chi connectivity index (χ0v) is 20.9. The van der Waals surface area contributed by atoms with Crippen LogP contribution in [-0.4, -0.2) is 51.8 Å². The van der Waals surface area contributed by atoms with Crippen molar-refractivity contribution in [1.29, 1.82) is 0 Å². The summed E-state index contributed by atoms with van der Waals surface area (Å²) >= 11 is 1.15. The van der Waals surface area contributed by atoms with E-state index in [1.54, 1.807) is 39.8 Å². The third-order valence-corrected chi connectivity index (χ3v) is 12.4. The van der Waals surface area contributed by atoms with Crippen LogP contribution in [-0.2, 0) is 32.1 Å². The topological polar surface area (TPSA) is 134 Å². The number of fused-ring (bicyclic) bond motifs is 1. The summed E-state index contributed by atoms with van der Waals surface area (Å²) in [6.07, 6.45) is 1.44. The summed E-state index contributed by atoms with van der Waals surface area (Å²) in [6.45, 7) is 6.89. The lowest BCUT2D eigenvalue weighted by atomic mass is 10.1. The van der Waals surface area contributed by atoms with E-state index in [0.717, 1.165) is 11.8 Å². The highest BCUT2D eigenvalue weighted by molar-refractivity contribution is 8.01. The molecule has 0 aliphatic carbocycles. The van der Waals surface area contributed by atoms with E-state index in [-0.39, 0.29) is 32.2 Å². The highest BCUT2D eigenvalue weighted by Gasteiger charge is 2.66. The molecule has 1 atom stereocenters. The molecule has 0 radical (unpaired) electrons. The number of benzene rings is 1. The normalized spacial score (nSPS) is 18.7. The van der Waals surface area contributed by atoms with Crippen LogP contribution >= 0.6 is 27.0 Å². The van der Waals surface area contributed by atoms with Gasteiger partial charge in [0.15, 0.2) is 4.87 Å². The fourth-order valence-corrected chi connectivity index (χ4v) is 11.3. The lowest BCUT2D eigenvalue weighted by molar-refractivity contribution is 0.190. The Morgan fingerprint density at radius 1 is 1.00 bits per heavy atom. The van der Waals surface area contributed by atoms with E-state index in [1.165, 1.54) is 23.1 Å². The van der Waals surface area contributed by atoms with Gasteiger partial charge in [0.05, 0.1) is 26.4 Å². The van der Waals surface area contributed by atoms with Gasteiger partial charge in [-0.15, -0.1) is 10.2 Å². The monoisotopic (exact) mass is 506 g/mol. The molecule has 0 spiro atoms. The minimum absolute atomic E-state index is 0.0402. The Morgan fingerprint density at radius 3 is 1.94 bits per heavy atom. The summed E-state index contributed by atoms with van der Waals surface area (Å²) in [5, 5.41) is 16.8. The summed E-state index contributed by atoms with van der Waals surface area (Å²) < 4.78 is 52.8. The van der Waals surface area contributed by atoms with Crippen LogP contribution in [0.15, 0.2) is 35.7 Å². The molecule has 0 bridgehead atoms. The summed E-state index contributed by atoms with van der Waals surface area (Å²) in [5.41, 5.74) is 3.75. The second-order valence-corrected chi connectivity index (χ2v) is 12.4. The van der Waals surface area contributed by atoms with E-state index in [9.17, 15) is 14.2 Å². The number of aromatic nitrogens is 3. The zero-order chi connectivity index (χ0) is 23.4. The van der Waals surface area contributed by atoms with Crippen molar-refractivity contribution in [3.05, 3.63) is 36.2 Å². The molecule has 1 aromatic heterocycles. The maximum absolute atomic E-state index is 14.3. The predicted molar refractivity (Wildman–Crippen MR) is 121 cm³/mol. The molecule has 178 valence electrons. The summed E-state index contributed by atoms with van der Waals surface area (Å²) in [5.74, 6) is 0.0402.